The Morgan fingerprint density at radius 1 is 1.58 bits per heavy atom. The molecule has 0 amide bonds. The van der Waals surface area contributed by atoms with Gasteiger partial charge in [0.15, 0.2) is 0 Å². The van der Waals surface area contributed by atoms with E-state index in [-0.39, 0.29) is 6.04 Å². The SMILES string of the molecule is CCN1CCCC(C(N)CN)C1. The minimum atomic E-state index is 0.208. The van der Waals surface area contributed by atoms with Crippen LogP contribution in [0.4, 0.5) is 0 Å². The second kappa shape index (κ2) is 4.80. The van der Waals surface area contributed by atoms with Crippen LogP contribution in [-0.2, 0) is 0 Å². The molecule has 1 heterocycles. The maximum absolute atomic E-state index is 5.91. The molecule has 4 N–H and O–H groups in total. The normalized spacial score (nSPS) is 28.8. The van der Waals surface area contributed by atoms with Gasteiger partial charge in [-0.25, -0.2) is 0 Å². The first-order valence-electron chi connectivity index (χ1n) is 4.96. The third-order valence-corrected chi connectivity index (χ3v) is 2.87. The maximum atomic E-state index is 5.91. The predicted octanol–water partition coefficient (Wildman–Crippen LogP) is 0.00430. The topological polar surface area (TPSA) is 55.3 Å². The Morgan fingerprint density at radius 3 is 2.92 bits per heavy atom. The molecule has 3 nitrogen and oxygen atoms in total. The number of hydrogen-bond acceptors (Lipinski definition) is 3. The molecule has 2 unspecified atom stereocenters. The van der Waals surface area contributed by atoms with Crippen LogP contribution in [0.1, 0.15) is 19.8 Å². The van der Waals surface area contributed by atoms with E-state index in [1.807, 2.05) is 0 Å². The molecule has 2 atom stereocenters. The van der Waals surface area contributed by atoms with Gasteiger partial charge in [-0.3, -0.25) is 0 Å². The van der Waals surface area contributed by atoms with E-state index in [1.165, 1.54) is 19.4 Å². The summed E-state index contributed by atoms with van der Waals surface area (Å²) in [6, 6.07) is 0.208. The fourth-order valence-electron chi connectivity index (χ4n) is 1.92. The first-order chi connectivity index (χ1) is 5.77. The van der Waals surface area contributed by atoms with Crippen molar-refractivity contribution < 1.29 is 0 Å². The van der Waals surface area contributed by atoms with Gasteiger partial charge < -0.3 is 16.4 Å². The van der Waals surface area contributed by atoms with Crippen molar-refractivity contribution in [1.82, 2.24) is 4.90 Å². The summed E-state index contributed by atoms with van der Waals surface area (Å²) in [5.41, 5.74) is 11.5. The van der Waals surface area contributed by atoms with E-state index in [4.69, 9.17) is 11.5 Å². The summed E-state index contributed by atoms with van der Waals surface area (Å²) in [5, 5.41) is 0. The number of nitrogens with zero attached hydrogens (tertiary/aromatic N) is 1. The lowest BCUT2D eigenvalue weighted by Gasteiger charge is -2.34. The third kappa shape index (κ3) is 2.44. The summed E-state index contributed by atoms with van der Waals surface area (Å²) < 4.78 is 0. The highest BCUT2D eigenvalue weighted by Crippen LogP contribution is 2.17. The Hall–Kier alpha value is -0.120. The Morgan fingerprint density at radius 2 is 2.33 bits per heavy atom. The van der Waals surface area contributed by atoms with E-state index < -0.39 is 0 Å². The Bertz CT molecular complexity index is 125. The zero-order valence-corrected chi connectivity index (χ0v) is 8.00. The maximum Gasteiger partial charge on any atom is 0.0204 e. The molecule has 72 valence electrons. The average molecular weight is 171 g/mol. The van der Waals surface area contributed by atoms with E-state index in [9.17, 15) is 0 Å². The van der Waals surface area contributed by atoms with Gasteiger partial charge >= 0.3 is 0 Å². The molecule has 0 bridgehead atoms. The van der Waals surface area contributed by atoms with Crippen LogP contribution in [0.5, 0.6) is 0 Å². The molecule has 1 fully saturated rings. The van der Waals surface area contributed by atoms with Crippen molar-refractivity contribution in [3.8, 4) is 0 Å². The summed E-state index contributed by atoms with van der Waals surface area (Å²) in [4.78, 5) is 2.46. The van der Waals surface area contributed by atoms with Crippen molar-refractivity contribution in [2.75, 3.05) is 26.2 Å². The Balaban J connectivity index is 2.34. The highest BCUT2D eigenvalue weighted by molar-refractivity contribution is 4.80. The lowest BCUT2D eigenvalue weighted by Crippen LogP contribution is -2.46. The Kier molecular flexibility index (Phi) is 3.98. The van der Waals surface area contributed by atoms with Crippen LogP contribution in [-0.4, -0.2) is 37.1 Å². The van der Waals surface area contributed by atoms with Crippen molar-refractivity contribution in [2.45, 2.75) is 25.8 Å². The number of nitrogens with two attached hydrogens (primary N) is 2. The van der Waals surface area contributed by atoms with Crippen LogP contribution in [0.25, 0.3) is 0 Å². The molecular formula is C9H21N3. The van der Waals surface area contributed by atoms with Crippen LogP contribution in [0.2, 0.25) is 0 Å². The molecule has 0 aromatic heterocycles. The molecule has 3 heteroatoms. The molecule has 0 radical (unpaired) electrons. The zero-order valence-electron chi connectivity index (χ0n) is 8.00. The van der Waals surface area contributed by atoms with Crippen molar-refractivity contribution in [3.05, 3.63) is 0 Å². The van der Waals surface area contributed by atoms with Gasteiger partial charge in [-0.2, -0.15) is 0 Å². The van der Waals surface area contributed by atoms with Crippen LogP contribution in [0, 0.1) is 5.92 Å². The highest BCUT2D eigenvalue weighted by atomic mass is 15.1. The Labute approximate surface area is 75.1 Å². The van der Waals surface area contributed by atoms with E-state index in [0.717, 1.165) is 13.1 Å². The zero-order chi connectivity index (χ0) is 8.97. The molecule has 12 heavy (non-hydrogen) atoms. The number of rotatable bonds is 3. The third-order valence-electron chi connectivity index (χ3n) is 2.87. The van der Waals surface area contributed by atoms with Gasteiger partial charge in [-0.15, -0.1) is 0 Å². The minimum Gasteiger partial charge on any atom is -0.329 e. The van der Waals surface area contributed by atoms with E-state index >= 15 is 0 Å². The summed E-state index contributed by atoms with van der Waals surface area (Å²) in [6.45, 7) is 6.37. The standard InChI is InChI=1S/C9H21N3/c1-2-12-5-3-4-8(7-12)9(11)6-10/h8-9H,2-7,10-11H2,1H3. The van der Waals surface area contributed by atoms with Gasteiger partial charge in [0.1, 0.15) is 0 Å². The van der Waals surface area contributed by atoms with Crippen LogP contribution in [0.15, 0.2) is 0 Å². The lowest BCUT2D eigenvalue weighted by molar-refractivity contribution is 0.166. The summed E-state index contributed by atoms with van der Waals surface area (Å²) in [7, 11) is 0. The fraction of sp³-hybridized carbons (Fsp3) is 1.00. The molecule has 0 aromatic carbocycles. The molecule has 0 aliphatic carbocycles. The molecule has 1 aliphatic heterocycles. The van der Waals surface area contributed by atoms with E-state index in [1.54, 1.807) is 0 Å². The first-order valence-corrected chi connectivity index (χ1v) is 4.96. The van der Waals surface area contributed by atoms with Gasteiger partial charge in [0.2, 0.25) is 0 Å². The van der Waals surface area contributed by atoms with E-state index in [0.29, 0.717) is 12.5 Å². The molecule has 0 aromatic rings. The molecule has 0 spiro atoms. The summed E-state index contributed by atoms with van der Waals surface area (Å²) in [5.74, 6) is 0.628. The average Bonchev–Trinajstić information content (AvgIpc) is 2.17. The van der Waals surface area contributed by atoms with Crippen molar-refractivity contribution in [1.29, 1.82) is 0 Å². The highest BCUT2D eigenvalue weighted by Gasteiger charge is 2.22. The van der Waals surface area contributed by atoms with Crippen molar-refractivity contribution >= 4 is 0 Å². The lowest BCUT2D eigenvalue weighted by atomic mass is 9.91. The van der Waals surface area contributed by atoms with Crippen molar-refractivity contribution in [3.63, 3.8) is 0 Å². The summed E-state index contributed by atoms with van der Waals surface area (Å²) >= 11 is 0. The van der Waals surface area contributed by atoms with Gasteiger partial charge in [0, 0.05) is 19.1 Å². The molecule has 1 aliphatic rings. The second-order valence-electron chi connectivity index (χ2n) is 3.70. The molecular weight excluding hydrogens is 150 g/mol. The fourth-order valence-corrected chi connectivity index (χ4v) is 1.92. The van der Waals surface area contributed by atoms with Gasteiger partial charge in [0.25, 0.3) is 0 Å². The van der Waals surface area contributed by atoms with Gasteiger partial charge in [-0.1, -0.05) is 6.92 Å². The van der Waals surface area contributed by atoms with Crippen LogP contribution >= 0.6 is 0 Å². The number of likely N-dealkylation sites (tertiary alicyclic amines) is 1. The van der Waals surface area contributed by atoms with Crippen molar-refractivity contribution in [2.24, 2.45) is 17.4 Å². The number of hydrogen-bond donors (Lipinski definition) is 2. The molecule has 1 rings (SSSR count). The minimum absolute atomic E-state index is 0.208. The molecule has 1 saturated heterocycles. The van der Waals surface area contributed by atoms with Gasteiger partial charge in [0.05, 0.1) is 0 Å². The smallest absolute Gasteiger partial charge is 0.0204 e. The monoisotopic (exact) mass is 171 g/mol. The first kappa shape index (κ1) is 9.96. The van der Waals surface area contributed by atoms with Gasteiger partial charge in [-0.05, 0) is 31.8 Å². The van der Waals surface area contributed by atoms with Crippen LogP contribution in [0.3, 0.4) is 0 Å². The predicted molar refractivity (Wildman–Crippen MR) is 51.9 cm³/mol. The largest absolute Gasteiger partial charge is 0.329 e. The van der Waals surface area contributed by atoms with Crippen LogP contribution < -0.4 is 11.5 Å². The second-order valence-corrected chi connectivity index (χ2v) is 3.70. The molecule has 0 saturated carbocycles. The summed E-state index contributed by atoms with van der Waals surface area (Å²) in [6.07, 6.45) is 2.54. The number of piperidine rings is 1. The van der Waals surface area contributed by atoms with E-state index in [2.05, 4.69) is 11.8 Å². The quantitative estimate of drug-likeness (QED) is 0.628.